The maximum Gasteiger partial charge on any atom is 0.326 e. The van der Waals surface area contributed by atoms with Gasteiger partial charge in [-0.3, -0.25) is 19.2 Å². The molecule has 25 heavy (non-hydrogen) atoms. The molecule has 0 spiro atoms. The van der Waals surface area contributed by atoms with Gasteiger partial charge in [0, 0.05) is 0 Å². The Morgan fingerprint density at radius 2 is 1.56 bits per heavy atom. The Labute approximate surface area is 142 Å². The number of carboxylic acids is 2. The number of amides is 3. The lowest BCUT2D eigenvalue weighted by molar-refractivity contribution is -0.147. The summed E-state index contributed by atoms with van der Waals surface area (Å²) in [5.74, 6) is -5.39. The highest BCUT2D eigenvalue weighted by atomic mass is 16.4. The summed E-state index contributed by atoms with van der Waals surface area (Å²) >= 11 is 0. The Morgan fingerprint density at radius 1 is 1.00 bits per heavy atom. The molecule has 8 N–H and O–H groups in total. The van der Waals surface area contributed by atoms with Gasteiger partial charge in [-0.1, -0.05) is 0 Å². The number of carbonyl (C=O) groups is 5. The lowest BCUT2D eigenvalue weighted by Gasteiger charge is -2.19. The van der Waals surface area contributed by atoms with Crippen molar-refractivity contribution in [1.29, 1.82) is 0 Å². The van der Waals surface area contributed by atoms with Gasteiger partial charge in [-0.05, 0) is 13.8 Å². The first-order chi connectivity index (χ1) is 11.5. The van der Waals surface area contributed by atoms with E-state index in [9.17, 15) is 29.1 Å². The molecule has 0 bridgehead atoms. The summed E-state index contributed by atoms with van der Waals surface area (Å²) in [6, 6.07) is -3.94. The van der Waals surface area contributed by atoms with Gasteiger partial charge in [-0.15, -0.1) is 0 Å². The van der Waals surface area contributed by atoms with E-state index in [1.54, 1.807) is 0 Å². The standard InChI is InChI=1S/C13H22N4O8/c1-5(16-12(23)10(14)6(2)18)11(22)15-4-8(19)17-7(13(24)25)3-9(20)21/h5-7,10,18H,3-4,14H2,1-2H3,(H,15,22)(H,16,23)(H,17,19)(H,20,21)(H,24,25). The fourth-order valence-electron chi connectivity index (χ4n) is 1.53. The van der Waals surface area contributed by atoms with Crippen molar-refractivity contribution in [2.24, 2.45) is 5.73 Å². The predicted molar refractivity (Wildman–Crippen MR) is 82.1 cm³/mol. The van der Waals surface area contributed by atoms with Crippen LogP contribution in [0.1, 0.15) is 20.3 Å². The van der Waals surface area contributed by atoms with E-state index in [2.05, 4.69) is 10.6 Å². The molecule has 0 fully saturated rings. The van der Waals surface area contributed by atoms with Crippen LogP contribution in [-0.4, -0.2) is 75.8 Å². The number of rotatable bonds is 10. The first-order valence-corrected chi connectivity index (χ1v) is 7.21. The van der Waals surface area contributed by atoms with Gasteiger partial charge >= 0.3 is 11.9 Å². The quantitative estimate of drug-likeness (QED) is 0.204. The lowest BCUT2D eigenvalue weighted by atomic mass is 10.1. The van der Waals surface area contributed by atoms with E-state index >= 15 is 0 Å². The van der Waals surface area contributed by atoms with Gasteiger partial charge in [0.15, 0.2) is 0 Å². The van der Waals surface area contributed by atoms with Gasteiger partial charge in [0.25, 0.3) is 0 Å². The molecule has 0 aromatic rings. The second kappa shape index (κ2) is 10.2. The average Bonchev–Trinajstić information content (AvgIpc) is 2.50. The van der Waals surface area contributed by atoms with Gasteiger partial charge in [-0.2, -0.15) is 0 Å². The number of aliphatic carboxylic acids is 2. The zero-order valence-corrected chi connectivity index (χ0v) is 13.7. The molecule has 0 saturated heterocycles. The van der Waals surface area contributed by atoms with Crippen LogP contribution in [-0.2, 0) is 24.0 Å². The Morgan fingerprint density at radius 3 is 2.00 bits per heavy atom. The number of hydrogen-bond donors (Lipinski definition) is 7. The highest BCUT2D eigenvalue weighted by Crippen LogP contribution is 1.93. The lowest BCUT2D eigenvalue weighted by Crippen LogP contribution is -2.54. The molecule has 4 unspecified atom stereocenters. The largest absolute Gasteiger partial charge is 0.481 e. The molecular weight excluding hydrogens is 340 g/mol. The molecule has 12 heteroatoms. The van der Waals surface area contributed by atoms with E-state index in [0.717, 1.165) is 0 Å². The molecule has 142 valence electrons. The molecule has 0 aliphatic rings. The Balaban J connectivity index is 4.43. The van der Waals surface area contributed by atoms with Gasteiger partial charge in [0.05, 0.1) is 19.1 Å². The number of nitrogens with one attached hydrogen (secondary N) is 3. The second-order valence-electron chi connectivity index (χ2n) is 5.27. The number of carboxylic acid groups (broad SMARTS) is 2. The van der Waals surface area contributed by atoms with Crippen LogP contribution in [0.5, 0.6) is 0 Å². The molecule has 4 atom stereocenters. The zero-order valence-electron chi connectivity index (χ0n) is 13.7. The molecule has 0 aromatic carbocycles. The molecule has 0 aliphatic heterocycles. The van der Waals surface area contributed by atoms with Crippen LogP contribution >= 0.6 is 0 Å². The van der Waals surface area contributed by atoms with Crippen LogP contribution < -0.4 is 21.7 Å². The molecule has 0 rings (SSSR count). The summed E-state index contributed by atoms with van der Waals surface area (Å²) in [6.45, 7) is 1.99. The molecule has 12 nitrogen and oxygen atoms in total. The van der Waals surface area contributed by atoms with Crippen LogP contribution in [0, 0.1) is 0 Å². The third-order valence-electron chi connectivity index (χ3n) is 3.01. The van der Waals surface area contributed by atoms with Crippen molar-refractivity contribution in [3.05, 3.63) is 0 Å². The van der Waals surface area contributed by atoms with Crippen LogP contribution in [0.2, 0.25) is 0 Å². The van der Waals surface area contributed by atoms with Crippen LogP contribution in [0.25, 0.3) is 0 Å². The van der Waals surface area contributed by atoms with E-state index in [-0.39, 0.29) is 0 Å². The van der Waals surface area contributed by atoms with E-state index in [1.807, 2.05) is 5.32 Å². The number of aliphatic hydroxyl groups excluding tert-OH is 1. The zero-order chi connectivity index (χ0) is 19.7. The number of aliphatic hydroxyl groups is 1. The predicted octanol–water partition coefficient (Wildman–Crippen LogP) is -3.64. The van der Waals surface area contributed by atoms with Crippen LogP contribution in [0.3, 0.4) is 0 Å². The highest BCUT2D eigenvalue weighted by Gasteiger charge is 2.25. The molecule has 0 radical (unpaired) electrons. The van der Waals surface area contributed by atoms with Gasteiger partial charge in [0.2, 0.25) is 17.7 Å². The normalized spacial score (nSPS) is 15.2. The van der Waals surface area contributed by atoms with Crippen LogP contribution in [0.4, 0.5) is 0 Å². The fourth-order valence-corrected chi connectivity index (χ4v) is 1.53. The average molecular weight is 362 g/mol. The van der Waals surface area contributed by atoms with Crippen molar-refractivity contribution in [1.82, 2.24) is 16.0 Å². The van der Waals surface area contributed by atoms with E-state index in [1.165, 1.54) is 13.8 Å². The monoisotopic (exact) mass is 362 g/mol. The van der Waals surface area contributed by atoms with Crippen LogP contribution in [0.15, 0.2) is 0 Å². The van der Waals surface area contributed by atoms with Crippen molar-refractivity contribution in [2.45, 2.75) is 44.5 Å². The minimum absolute atomic E-state index is 0.620. The first-order valence-electron chi connectivity index (χ1n) is 7.21. The van der Waals surface area contributed by atoms with E-state index in [0.29, 0.717) is 0 Å². The molecule has 0 heterocycles. The maximum atomic E-state index is 11.8. The minimum Gasteiger partial charge on any atom is -0.481 e. The minimum atomic E-state index is -1.64. The number of hydrogen-bond acceptors (Lipinski definition) is 7. The number of carbonyl (C=O) groups excluding carboxylic acids is 3. The molecule has 0 aliphatic carbocycles. The third-order valence-corrected chi connectivity index (χ3v) is 3.01. The fraction of sp³-hybridized carbons (Fsp3) is 0.615. The van der Waals surface area contributed by atoms with Gasteiger partial charge in [-0.25, -0.2) is 4.79 Å². The summed E-state index contributed by atoms with van der Waals surface area (Å²) in [4.78, 5) is 56.2. The molecule has 3 amide bonds. The van der Waals surface area contributed by atoms with E-state index in [4.69, 9.17) is 15.9 Å². The smallest absolute Gasteiger partial charge is 0.326 e. The Bertz CT molecular complexity index is 536. The van der Waals surface area contributed by atoms with E-state index < -0.39 is 66.9 Å². The first kappa shape index (κ1) is 22.3. The Hall–Kier alpha value is -2.73. The van der Waals surface area contributed by atoms with Crippen molar-refractivity contribution in [3.8, 4) is 0 Å². The Kier molecular flexibility index (Phi) is 9.09. The summed E-state index contributed by atoms with van der Waals surface area (Å²) in [6.07, 6.45) is -1.94. The number of nitrogens with two attached hydrogens (primary N) is 1. The second-order valence-corrected chi connectivity index (χ2v) is 5.27. The SMILES string of the molecule is CC(NC(=O)C(N)C(C)O)C(=O)NCC(=O)NC(CC(=O)O)C(=O)O. The maximum absolute atomic E-state index is 11.8. The molecule has 0 saturated carbocycles. The van der Waals surface area contributed by atoms with Crippen molar-refractivity contribution >= 4 is 29.7 Å². The summed E-state index contributed by atoms with van der Waals surface area (Å²) in [5, 5.41) is 32.8. The topological polar surface area (TPSA) is 208 Å². The van der Waals surface area contributed by atoms with Crippen molar-refractivity contribution < 1.29 is 39.3 Å². The summed E-state index contributed by atoms with van der Waals surface area (Å²) < 4.78 is 0. The van der Waals surface area contributed by atoms with Gasteiger partial charge in [0.1, 0.15) is 18.1 Å². The van der Waals surface area contributed by atoms with Gasteiger partial charge < -0.3 is 37.0 Å². The molecule has 0 aromatic heterocycles. The van der Waals surface area contributed by atoms with Crippen molar-refractivity contribution in [3.63, 3.8) is 0 Å². The summed E-state index contributed by atoms with van der Waals surface area (Å²) in [7, 11) is 0. The molecular formula is C13H22N4O8. The third kappa shape index (κ3) is 8.62. The van der Waals surface area contributed by atoms with Crippen molar-refractivity contribution in [2.75, 3.05) is 6.54 Å². The highest BCUT2D eigenvalue weighted by molar-refractivity contribution is 5.93. The summed E-state index contributed by atoms with van der Waals surface area (Å²) in [5.41, 5.74) is 5.39.